The van der Waals surface area contributed by atoms with Crippen LogP contribution < -0.4 is 10.6 Å². The van der Waals surface area contributed by atoms with Crippen molar-refractivity contribution in [2.45, 2.75) is 33.7 Å². The van der Waals surface area contributed by atoms with Gasteiger partial charge in [-0.25, -0.2) is 9.59 Å². The number of rotatable bonds is 4. The Morgan fingerprint density at radius 3 is 2.52 bits per heavy atom. The number of hydrogen-bond acceptors (Lipinski definition) is 4. The van der Waals surface area contributed by atoms with Gasteiger partial charge in [-0.3, -0.25) is 9.69 Å². The van der Waals surface area contributed by atoms with Crippen molar-refractivity contribution in [1.82, 2.24) is 10.2 Å². The minimum atomic E-state index is -0.601. The average Bonchev–Trinajstić information content (AvgIpc) is 3.10. The van der Waals surface area contributed by atoms with Crippen LogP contribution in [-0.4, -0.2) is 36.0 Å². The lowest BCUT2D eigenvalue weighted by molar-refractivity contribution is -0.136. The molecule has 0 spiro atoms. The second kappa shape index (κ2) is 7.91. The number of ether oxygens (including phenoxy) is 1. The highest BCUT2D eigenvalue weighted by Crippen LogP contribution is 2.36. The maximum absolute atomic E-state index is 13.0. The highest BCUT2D eigenvalue weighted by atomic mass is 16.5. The summed E-state index contributed by atoms with van der Waals surface area (Å²) in [4.78, 5) is 39.5. The van der Waals surface area contributed by atoms with Crippen LogP contribution in [0.25, 0.3) is 0 Å². The van der Waals surface area contributed by atoms with Crippen LogP contribution in [0.2, 0.25) is 0 Å². The number of anilines is 1. The number of urea groups is 1. The van der Waals surface area contributed by atoms with Gasteiger partial charge in [-0.05, 0) is 50.5 Å². The van der Waals surface area contributed by atoms with E-state index in [9.17, 15) is 14.4 Å². The van der Waals surface area contributed by atoms with E-state index in [-0.39, 0.29) is 19.1 Å². The topological polar surface area (TPSA) is 87.7 Å². The standard InChI is InChI=1S/C24H25N3O4/c1-13-6-8-18(16(4)9-13)25-20(28)11-27-19-12-31-23(29)21(19)22(26-24(27)30)17-10-14(2)5-7-15(17)3/h5-10,22H,11-12H2,1-4H3,(H,25,28)(H,26,30)/t22-/m0/s1. The first kappa shape index (κ1) is 20.7. The number of hydrogen-bond donors (Lipinski definition) is 2. The molecule has 160 valence electrons. The Bertz CT molecular complexity index is 1140. The fourth-order valence-electron chi connectivity index (χ4n) is 4.07. The Morgan fingerprint density at radius 2 is 1.77 bits per heavy atom. The van der Waals surface area contributed by atoms with Gasteiger partial charge in [0.15, 0.2) is 0 Å². The minimum absolute atomic E-state index is 0.0280. The second-order valence-corrected chi connectivity index (χ2v) is 8.13. The van der Waals surface area contributed by atoms with Crippen LogP contribution in [0.15, 0.2) is 47.7 Å². The molecule has 7 nitrogen and oxygen atoms in total. The highest BCUT2D eigenvalue weighted by Gasteiger charge is 2.43. The number of cyclic esters (lactones) is 1. The summed E-state index contributed by atoms with van der Waals surface area (Å²) in [5.74, 6) is -0.820. The molecule has 0 aliphatic carbocycles. The van der Waals surface area contributed by atoms with Crippen molar-refractivity contribution in [3.63, 3.8) is 0 Å². The molecule has 0 radical (unpaired) electrons. The highest BCUT2D eigenvalue weighted by molar-refractivity contribution is 6.00. The third kappa shape index (κ3) is 3.91. The number of nitrogens with zero attached hydrogens (tertiary/aromatic N) is 1. The van der Waals surface area contributed by atoms with E-state index in [1.165, 1.54) is 4.90 Å². The van der Waals surface area contributed by atoms with E-state index in [1.54, 1.807) is 0 Å². The van der Waals surface area contributed by atoms with E-state index in [4.69, 9.17) is 4.74 Å². The summed E-state index contributed by atoms with van der Waals surface area (Å²) in [6.07, 6.45) is 0. The summed E-state index contributed by atoms with van der Waals surface area (Å²) in [6.45, 7) is 7.54. The van der Waals surface area contributed by atoms with Gasteiger partial charge in [0.2, 0.25) is 5.91 Å². The molecule has 0 saturated heterocycles. The van der Waals surface area contributed by atoms with Crippen molar-refractivity contribution >= 4 is 23.6 Å². The van der Waals surface area contributed by atoms with Gasteiger partial charge in [0.1, 0.15) is 13.2 Å². The fraction of sp³-hybridized carbons (Fsp3) is 0.292. The van der Waals surface area contributed by atoms with Crippen molar-refractivity contribution in [2.75, 3.05) is 18.5 Å². The molecule has 2 N–H and O–H groups in total. The van der Waals surface area contributed by atoms with Gasteiger partial charge in [0.25, 0.3) is 0 Å². The molecule has 1 atom stereocenters. The first-order chi connectivity index (χ1) is 14.7. The maximum Gasteiger partial charge on any atom is 0.338 e. The van der Waals surface area contributed by atoms with Crippen LogP contribution in [0, 0.1) is 27.7 Å². The van der Waals surface area contributed by atoms with Gasteiger partial charge >= 0.3 is 12.0 Å². The van der Waals surface area contributed by atoms with E-state index < -0.39 is 18.0 Å². The zero-order chi connectivity index (χ0) is 22.3. The van der Waals surface area contributed by atoms with E-state index in [0.717, 1.165) is 27.8 Å². The summed E-state index contributed by atoms with van der Waals surface area (Å²) in [7, 11) is 0. The predicted molar refractivity (Wildman–Crippen MR) is 116 cm³/mol. The third-order valence-electron chi connectivity index (χ3n) is 5.70. The Morgan fingerprint density at radius 1 is 1.06 bits per heavy atom. The quantitative estimate of drug-likeness (QED) is 0.744. The molecule has 2 aromatic carbocycles. The Hall–Kier alpha value is -3.61. The van der Waals surface area contributed by atoms with Crippen molar-refractivity contribution in [2.24, 2.45) is 0 Å². The smallest absolute Gasteiger partial charge is 0.338 e. The normalized spacial score (nSPS) is 17.9. The fourth-order valence-corrected chi connectivity index (χ4v) is 4.07. The molecule has 7 heteroatoms. The van der Waals surface area contributed by atoms with Crippen LogP contribution in [-0.2, 0) is 14.3 Å². The van der Waals surface area contributed by atoms with E-state index in [1.807, 2.05) is 64.1 Å². The van der Waals surface area contributed by atoms with Crippen molar-refractivity contribution < 1.29 is 19.1 Å². The molecule has 2 heterocycles. The van der Waals surface area contributed by atoms with Gasteiger partial charge < -0.3 is 15.4 Å². The maximum atomic E-state index is 13.0. The Balaban J connectivity index is 1.62. The van der Waals surface area contributed by atoms with Gasteiger partial charge in [0.05, 0.1) is 17.3 Å². The molecule has 2 aliphatic rings. The zero-order valence-electron chi connectivity index (χ0n) is 18.0. The van der Waals surface area contributed by atoms with Gasteiger partial charge in [-0.15, -0.1) is 0 Å². The summed E-state index contributed by atoms with van der Waals surface area (Å²) in [6, 6.07) is 10.6. The molecule has 0 bridgehead atoms. The Kier molecular flexibility index (Phi) is 5.27. The molecule has 0 unspecified atom stereocenters. The molecule has 2 aromatic rings. The molecule has 0 saturated carbocycles. The van der Waals surface area contributed by atoms with E-state index in [0.29, 0.717) is 17.0 Å². The lowest BCUT2D eigenvalue weighted by atomic mass is 9.91. The summed E-state index contributed by atoms with van der Waals surface area (Å²) < 4.78 is 5.25. The van der Waals surface area contributed by atoms with Crippen LogP contribution in [0.5, 0.6) is 0 Å². The van der Waals surface area contributed by atoms with E-state index in [2.05, 4.69) is 10.6 Å². The summed E-state index contributed by atoms with van der Waals surface area (Å²) >= 11 is 0. The Labute approximate surface area is 181 Å². The lowest BCUT2D eigenvalue weighted by Gasteiger charge is -2.33. The predicted octanol–water partition coefficient (Wildman–Crippen LogP) is 3.44. The molecular weight excluding hydrogens is 394 g/mol. The molecule has 0 fully saturated rings. The average molecular weight is 419 g/mol. The summed E-state index contributed by atoms with van der Waals surface area (Å²) in [5.41, 5.74) is 6.38. The van der Waals surface area contributed by atoms with Crippen LogP contribution in [0.4, 0.5) is 10.5 Å². The number of benzene rings is 2. The second-order valence-electron chi connectivity index (χ2n) is 8.13. The first-order valence-corrected chi connectivity index (χ1v) is 10.2. The SMILES string of the molecule is Cc1ccc(NC(=O)CN2C(=O)N[C@@H](c3cc(C)ccc3C)C3=C2COC3=O)c(C)c1. The van der Waals surface area contributed by atoms with Crippen molar-refractivity contribution in [3.8, 4) is 0 Å². The first-order valence-electron chi connectivity index (χ1n) is 10.2. The van der Waals surface area contributed by atoms with Crippen LogP contribution >= 0.6 is 0 Å². The lowest BCUT2D eigenvalue weighted by Crippen LogP contribution is -2.49. The van der Waals surface area contributed by atoms with E-state index >= 15 is 0 Å². The van der Waals surface area contributed by atoms with Gasteiger partial charge in [-0.1, -0.05) is 41.5 Å². The number of carbonyl (C=O) groups is 3. The number of carbonyl (C=O) groups excluding carboxylic acids is 3. The molecule has 4 rings (SSSR count). The molecule has 2 aliphatic heterocycles. The third-order valence-corrected chi connectivity index (χ3v) is 5.70. The number of nitrogens with one attached hydrogen (secondary N) is 2. The molecule has 31 heavy (non-hydrogen) atoms. The molecular formula is C24H25N3O4. The van der Waals surface area contributed by atoms with Gasteiger partial charge in [-0.2, -0.15) is 0 Å². The van der Waals surface area contributed by atoms with Crippen molar-refractivity contribution in [3.05, 3.63) is 75.5 Å². The number of esters is 1. The summed E-state index contributed by atoms with van der Waals surface area (Å²) in [5, 5.41) is 5.74. The van der Waals surface area contributed by atoms with Crippen LogP contribution in [0.1, 0.15) is 33.9 Å². The van der Waals surface area contributed by atoms with Gasteiger partial charge in [0, 0.05) is 5.69 Å². The monoisotopic (exact) mass is 419 g/mol. The molecule has 3 amide bonds. The largest absolute Gasteiger partial charge is 0.456 e. The zero-order valence-corrected chi connectivity index (χ0v) is 18.0. The minimum Gasteiger partial charge on any atom is -0.456 e. The van der Waals surface area contributed by atoms with Crippen molar-refractivity contribution in [1.29, 1.82) is 0 Å². The number of aryl methyl sites for hydroxylation is 4. The molecule has 0 aromatic heterocycles. The van der Waals surface area contributed by atoms with Crippen LogP contribution in [0.3, 0.4) is 0 Å². The number of amides is 3.